The first kappa shape index (κ1) is 21.8. The smallest absolute Gasteiger partial charge is 0.429 e. The van der Waals surface area contributed by atoms with Crippen molar-refractivity contribution in [1.82, 2.24) is 5.32 Å². The van der Waals surface area contributed by atoms with Crippen LogP contribution < -0.4 is 15.4 Å². The number of carbonyl (C=O) groups excluding carboxylic acids is 2. The summed E-state index contributed by atoms with van der Waals surface area (Å²) in [4.78, 5) is 24.1. The van der Waals surface area contributed by atoms with Crippen LogP contribution >= 0.6 is 23.2 Å². The maximum atomic E-state index is 13.4. The monoisotopic (exact) mass is 434 g/mol. The summed E-state index contributed by atoms with van der Waals surface area (Å²) in [7, 11) is 0. The molecule has 0 heterocycles. The number of urea groups is 1. The molecule has 0 saturated heterocycles. The van der Waals surface area contributed by atoms with Crippen LogP contribution in [0.2, 0.25) is 5.02 Å². The topological polar surface area (TPSA) is 67.4 Å². The van der Waals surface area contributed by atoms with Crippen molar-refractivity contribution < 1.29 is 27.5 Å². The van der Waals surface area contributed by atoms with E-state index in [1.165, 1.54) is 38.1 Å². The number of rotatable bonds is 5. The van der Waals surface area contributed by atoms with Gasteiger partial charge in [0.05, 0.1) is 10.6 Å². The minimum atomic E-state index is -4.22. The molecular formula is C18H15Cl2F3N2O3. The number of aryl methyl sites for hydroxylation is 2. The maximum absolute atomic E-state index is 13.4. The van der Waals surface area contributed by atoms with Gasteiger partial charge in [-0.3, -0.25) is 10.1 Å². The molecule has 0 aliphatic heterocycles. The molecule has 0 saturated carbocycles. The minimum absolute atomic E-state index is 0.111. The second-order valence-corrected chi connectivity index (χ2v) is 6.58. The third-order valence-electron chi connectivity index (χ3n) is 3.56. The van der Waals surface area contributed by atoms with E-state index >= 15 is 0 Å². The van der Waals surface area contributed by atoms with Crippen molar-refractivity contribution in [1.29, 1.82) is 0 Å². The second kappa shape index (κ2) is 8.70. The fraction of sp³-hybridized carbons (Fsp3) is 0.222. The van der Waals surface area contributed by atoms with Crippen molar-refractivity contribution in [3.8, 4) is 5.75 Å². The van der Waals surface area contributed by atoms with E-state index in [-0.39, 0.29) is 33.1 Å². The number of ether oxygens (including phenoxy) is 1. The van der Waals surface area contributed by atoms with E-state index in [0.29, 0.717) is 0 Å². The minimum Gasteiger partial charge on any atom is -0.429 e. The van der Waals surface area contributed by atoms with E-state index in [1.54, 1.807) is 12.1 Å². The molecule has 5 nitrogen and oxygen atoms in total. The van der Waals surface area contributed by atoms with Crippen LogP contribution in [0.1, 0.15) is 21.5 Å². The number of imide groups is 1. The molecule has 2 N–H and O–H groups in total. The van der Waals surface area contributed by atoms with Crippen LogP contribution in [0.4, 0.5) is 23.7 Å². The van der Waals surface area contributed by atoms with Crippen molar-refractivity contribution in [3.63, 3.8) is 0 Å². The number of hydrogen-bond donors (Lipinski definition) is 2. The van der Waals surface area contributed by atoms with E-state index in [2.05, 4.69) is 15.4 Å². The lowest BCUT2D eigenvalue weighted by Crippen LogP contribution is -2.34. The molecule has 0 spiro atoms. The van der Waals surface area contributed by atoms with Crippen LogP contribution in [0.5, 0.6) is 5.75 Å². The van der Waals surface area contributed by atoms with Gasteiger partial charge in [0.2, 0.25) is 0 Å². The van der Waals surface area contributed by atoms with Crippen molar-refractivity contribution in [3.05, 3.63) is 58.1 Å². The number of benzene rings is 2. The van der Waals surface area contributed by atoms with Gasteiger partial charge in [0.1, 0.15) is 5.75 Å². The largest absolute Gasteiger partial charge is 0.444 e. The number of alkyl halides is 4. The Morgan fingerprint density at radius 2 is 1.71 bits per heavy atom. The molecule has 28 heavy (non-hydrogen) atoms. The second-order valence-electron chi connectivity index (χ2n) is 5.79. The predicted octanol–water partition coefficient (Wildman–Crippen LogP) is 5.42. The number of halogens is 5. The summed E-state index contributed by atoms with van der Waals surface area (Å²) in [6.45, 7) is 2.86. The molecule has 10 heteroatoms. The fourth-order valence-corrected chi connectivity index (χ4v) is 2.61. The van der Waals surface area contributed by atoms with Gasteiger partial charge in [-0.05, 0) is 49.2 Å². The van der Waals surface area contributed by atoms with Gasteiger partial charge in [0.25, 0.3) is 11.5 Å². The quantitative estimate of drug-likeness (QED) is 0.616. The summed E-state index contributed by atoms with van der Waals surface area (Å²) in [6, 6.07) is 7.95. The maximum Gasteiger partial charge on any atom is 0.444 e. The summed E-state index contributed by atoms with van der Waals surface area (Å²) >= 11 is 10.7. The molecule has 0 aromatic heterocycles. The first-order valence-electron chi connectivity index (χ1n) is 7.84. The van der Waals surface area contributed by atoms with Crippen LogP contribution in [0.15, 0.2) is 36.4 Å². The SMILES string of the molecule is Cc1cc(NC(=O)NC(=O)c2ccccc2Cl)cc(C)c1OC(F)(F)C(F)Cl. The Bertz CT molecular complexity index is 884. The Kier molecular flexibility index (Phi) is 6.79. The summed E-state index contributed by atoms with van der Waals surface area (Å²) in [6.07, 6.45) is -4.22. The first-order chi connectivity index (χ1) is 13.0. The van der Waals surface area contributed by atoms with Gasteiger partial charge in [0.15, 0.2) is 0 Å². The zero-order valence-electron chi connectivity index (χ0n) is 14.7. The Balaban J connectivity index is 2.11. The number of nitrogens with one attached hydrogen (secondary N) is 2. The standard InChI is InChI=1S/C18H15Cl2F3N2O3/c1-9-7-11(8-10(2)14(9)28-18(22,23)16(20)21)24-17(27)25-15(26)12-5-3-4-6-13(12)19/h3-8,16H,1-2H3,(H2,24,25,26,27). The molecule has 1 atom stereocenters. The molecule has 0 fully saturated rings. The third kappa shape index (κ3) is 5.30. The number of hydrogen-bond acceptors (Lipinski definition) is 3. The van der Waals surface area contributed by atoms with Gasteiger partial charge >= 0.3 is 12.1 Å². The highest BCUT2D eigenvalue weighted by Gasteiger charge is 2.42. The normalized spacial score (nSPS) is 12.2. The lowest BCUT2D eigenvalue weighted by Gasteiger charge is -2.21. The van der Waals surface area contributed by atoms with E-state index in [4.69, 9.17) is 23.2 Å². The Morgan fingerprint density at radius 1 is 1.14 bits per heavy atom. The molecule has 3 amide bonds. The lowest BCUT2D eigenvalue weighted by atomic mass is 10.1. The highest BCUT2D eigenvalue weighted by atomic mass is 35.5. The van der Waals surface area contributed by atoms with Gasteiger partial charge in [-0.15, -0.1) is 0 Å². The van der Waals surface area contributed by atoms with Gasteiger partial charge in [-0.25, -0.2) is 9.18 Å². The Labute approximate surface area is 168 Å². The molecule has 2 aromatic rings. The lowest BCUT2D eigenvalue weighted by molar-refractivity contribution is -0.199. The number of carbonyl (C=O) groups is 2. The van der Waals surface area contributed by atoms with Gasteiger partial charge < -0.3 is 10.1 Å². The van der Waals surface area contributed by atoms with Gasteiger partial charge in [0, 0.05) is 5.69 Å². The van der Waals surface area contributed by atoms with Crippen molar-refractivity contribution >= 4 is 40.8 Å². The van der Waals surface area contributed by atoms with E-state index in [1.807, 2.05) is 0 Å². The van der Waals surface area contributed by atoms with Crippen molar-refractivity contribution in [2.45, 2.75) is 25.6 Å². The molecule has 0 aliphatic rings. The summed E-state index contributed by atoms with van der Waals surface area (Å²) in [5, 5.41) is 4.67. The van der Waals surface area contributed by atoms with Gasteiger partial charge in [-0.1, -0.05) is 35.3 Å². The predicted molar refractivity (Wildman–Crippen MR) is 100 cm³/mol. The van der Waals surface area contributed by atoms with Crippen molar-refractivity contribution in [2.75, 3.05) is 5.32 Å². The highest BCUT2D eigenvalue weighted by molar-refractivity contribution is 6.34. The zero-order chi connectivity index (χ0) is 21.1. The molecule has 2 rings (SSSR count). The number of anilines is 1. The van der Waals surface area contributed by atoms with Crippen LogP contribution in [0.25, 0.3) is 0 Å². The van der Waals surface area contributed by atoms with Crippen molar-refractivity contribution in [2.24, 2.45) is 0 Å². The van der Waals surface area contributed by atoms with Crippen LogP contribution in [0.3, 0.4) is 0 Å². The van der Waals surface area contributed by atoms with E-state index in [0.717, 1.165) is 0 Å². The van der Waals surface area contributed by atoms with Crippen LogP contribution in [-0.2, 0) is 0 Å². The van der Waals surface area contributed by atoms with E-state index in [9.17, 15) is 22.8 Å². The van der Waals surface area contributed by atoms with Crippen LogP contribution in [-0.4, -0.2) is 23.7 Å². The highest BCUT2D eigenvalue weighted by Crippen LogP contribution is 2.34. The molecule has 0 bridgehead atoms. The third-order valence-corrected chi connectivity index (χ3v) is 4.14. The summed E-state index contributed by atoms with van der Waals surface area (Å²) in [5.74, 6) is -0.987. The number of amides is 3. The summed E-state index contributed by atoms with van der Waals surface area (Å²) < 4.78 is 43.9. The molecular weight excluding hydrogens is 420 g/mol. The average Bonchev–Trinajstić information content (AvgIpc) is 2.58. The Morgan fingerprint density at radius 3 is 2.25 bits per heavy atom. The zero-order valence-corrected chi connectivity index (χ0v) is 16.2. The molecule has 0 aliphatic carbocycles. The van der Waals surface area contributed by atoms with Crippen LogP contribution in [0, 0.1) is 13.8 Å². The molecule has 2 aromatic carbocycles. The molecule has 0 radical (unpaired) electrons. The Hall–Kier alpha value is -2.45. The summed E-state index contributed by atoms with van der Waals surface area (Å²) in [5.41, 5.74) is -2.31. The average molecular weight is 435 g/mol. The molecule has 150 valence electrons. The fourth-order valence-electron chi connectivity index (χ4n) is 2.34. The first-order valence-corrected chi connectivity index (χ1v) is 8.66. The van der Waals surface area contributed by atoms with Gasteiger partial charge in [-0.2, -0.15) is 8.78 Å². The van der Waals surface area contributed by atoms with E-state index < -0.39 is 23.7 Å². The molecule has 1 unspecified atom stereocenters.